The number of fused-ring (bicyclic) bond motifs is 6. The van der Waals surface area contributed by atoms with Crippen LogP contribution in [0.25, 0.3) is 44.3 Å². The Kier molecular flexibility index (Phi) is 6.81. The molecular formula is C40H34N2. The Morgan fingerprint density at radius 1 is 0.571 bits per heavy atom. The second-order valence-corrected chi connectivity index (χ2v) is 10.5. The van der Waals surface area contributed by atoms with Crippen LogP contribution in [0.4, 0.5) is 17.1 Å². The lowest BCUT2D eigenvalue weighted by Gasteiger charge is -2.25. The van der Waals surface area contributed by atoms with Crippen molar-refractivity contribution in [3.63, 3.8) is 0 Å². The van der Waals surface area contributed by atoms with Gasteiger partial charge in [0.05, 0.1) is 16.7 Å². The highest BCUT2D eigenvalue weighted by Crippen LogP contribution is 2.42. The SMILES string of the molecule is C1=Cc2c(ccc3c2c2ccc(N(c4ccccc4)c4ccccc4)cc2n3-c2cccc3ccccc23)CC1.CC. The standard InChI is InChI=1S/C38H28N2.C2H6/c1-3-15-29(16-4-1)39(30-17-5-2-6-18-30)31-23-24-34-37(26-31)40(35-21-11-14-27-12-7-9-19-32(27)35)36-25-22-28-13-8-10-20-33(28)38(34)36;1-2/h1-7,9-12,14-26H,8,13H2;1-2H3. The molecule has 1 aliphatic rings. The molecule has 0 N–H and O–H groups in total. The molecule has 7 aromatic rings. The molecule has 0 spiro atoms. The Balaban J connectivity index is 0.00000141. The molecule has 204 valence electrons. The molecule has 0 unspecified atom stereocenters. The summed E-state index contributed by atoms with van der Waals surface area (Å²) >= 11 is 0. The Bertz CT molecular complexity index is 2000. The molecular weight excluding hydrogens is 508 g/mol. The van der Waals surface area contributed by atoms with Gasteiger partial charge in [0.15, 0.2) is 0 Å². The molecule has 0 atom stereocenters. The van der Waals surface area contributed by atoms with Crippen LogP contribution < -0.4 is 4.90 Å². The molecule has 8 rings (SSSR count). The van der Waals surface area contributed by atoms with E-state index in [1.54, 1.807) is 0 Å². The molecule has 0 aliphatic heterocycles. The van der Waals surface area contributed by atoms with E-state index in [1.807, 2.05) is 13.8 Å². The number of nitrogens with zero attached hydrogens (tertiary/aromatic N) is 2. The van der Waals surface area contributed by atoms with Crippen molar-refractivity contribution in [2.75, 3.05) is 4.90 Å². The molecule has 1 aromatic heterocycles. The molecule has 0 saturated carbocycles. The monoisotopic (exact) mass is 542 g/mol. The second-order valence-electron chi connectivity index (χ2n) is 10.5. The van der Waals surface area contributed by atoms with E-state index in [9.17, 15) is 0 Å². The number of rotatable bonds is 4. The number of aromatic nitrogens is 1. The molecule has 0 saturated heterocycles. The third-order valence-electron chi connectivity index (χ3n) is 8.21. The Labute approximate surface area is 247 Å². The van der Waals surface area contributed by atoms with Crippen molar-refractivity contribution in [1.29, 1.82) is 0 Å². The van der Waals surface area contributed by atoms with Gasteiger partial charge in [0.25, 0.3) is 0 Å². The van der Waals surface area contributed by atoms with E-state index < -0.39 is 0 Å². The summed E-state index contributed by atoms with van der Waals surface area (Å²) in [5.74, 6) is 0. The van der Waals surface area contributed by atoms with Crippen LogP contribution in [0, 0.1) is 0 Å². The van der Waals surface area contributed by atoms with Gasteiger partial charge in [0.2, 0.25) is 0 Å². The number of anilines is 3. The molecule has 6 aromatic carbocycles. The minimum atomic E-state index is 1.09. The van der Waals surface area contributed by atoms with Gasteiger partial charge in [-0.15, -0.1) is 0 Å². The van der Waals surface area contributed by atoms with Crippen molar-refractivity contribution in [3.8, 4) is 5.69 Å². The predicted octanol–water partition coefficient (Wildman–Crippen LogP) is 11.4. The van der Waals surface area contributed by atoms with Crippen LogP contribution in [-0.2, 0) is 6.42 Å². The summed E-state index contributed by atoms with van der Waals surface area (Å²) in [6, 6.07) is 48.3. The molecule has 0 radical (unpaired) electrons. The summed E-state index contributed by atoms with van der Waals surface area (Å²) in [5, 5.41) is 5.13. The number of hydrogen-bond donors (Lipinski definition) is 0. The van der Waals surface area contributed by atoms with E-state index in [2.05, 4.69) is 155 Å². The van der Waals surface area contributed by atoms with Gasteiger partial charge < -0.3 is 9.47 Å². The molecule has 2 nitrogen and oxygen atoms in total. The molecule has 42 heavy (non-hydrogen) atoms. The summed E-state index contributed by atoms with van der Waals surface area (Å²) in [5.41, 5.74) is 9.89. The predicted molar refractivity (Wildman–Crippen MR) is 182 cm³/mol. The third-order valence-corrected chi connectivity index (χ3v) is 8.21. The lowest BCUT2D eigenvalue weighted by atomic mass is 9.93. The van der Waals surface area contributed by atoms with Crippen molar-refractivity contribution in [3.05, 3.63) is 151 Å². The first-order valence-electron chi connectivity index (χ1n) is 15.0. The Morgan fingerprint density at radius 2 is 1.26 bits per heavy atom. The molecule has 1 heterocycles. The minimum Gasteiger partial charge on any atom is -0.310 e. The van der Waals surface area contributed by atoms with Crippen LogP contribution in [0.2, 0.25) is 0 Å². The van der Waals surface area contributed by atoms with Crippen molar-refractivity contribution >= 4 is 55.7 Å². The van der Waals surface area contributed by atoms with Gasteiger partial charge in [-0.2, -0.15) is 0 Å². The fourth-order valence-corrected chi connectivity index (χ4v) is 6.42. The number of aryl methyl sites for hydroxylation is 1. The summed E-state index contributed by atoms with van der Waals surface area (Å²) in [6.45, 7) is 4.00. The quantitative estimate of drug-likeness (QED) is 0.215. The maximum absolute atomic E-state index is 2.48. The largest absolute Gasteiger partial charge is 0.310 e. The number of allylic oxidation sites excluding steroid dienone is 1. The van der Waals surface area contributed by atoms with Crippen LogP contribution in [-0.4, -0.2) is 4.57 Å². The van der Waals surface area contributed by atoms with Crippen LogP contribution in [0.1, 0.15) is 31.4 Å². The van der Waals surface area contributed by atoms with E-state index in [4.69, 9.17) is 0 Å². The van der Waals surface area contributed by atoms with E-state index in [0.29, 0.717) is 0 Å². The summed E-state index contributed by atoms with van der Waals surface area (Å²) < 4.78 is 2.48. The molecule has 0 fully saturated rings. The lowest BCUT2D eigenvalue weighted by molar-refractivity contribution is 0.989. The number of benzene rings is 6. The van der Waals surface area contributed by atoms with Crippen molar-refractivity contribution < 1.29 is 0 Å². The first-order valence-corrected chi connectivity index (χ1v) is 15.0. The molecule has 0 bridgehead atoms. The van der Waals surface area contributed by atoms with Crippen LogP contribution in [0.5, 0.6) is 0 Å². The highest BCUT2D eigenvalue weighted by atomic mass is 15.1. The topological polar surface area (TPSA) is 8.17 Å². The highest BCUT2D eigenvalue weighted by Gasteiger charge is 2.21. The van der Waals surface area contributed by atoms with E-state index in [0.717, 1.165) is 29.9 Å². The zero-order valence-electron chi connectivity index (χ0n) is 24.2. The van der Waals surface area contributed by atoms with E-state index in [1.165, 1.54) is 49.4 Å². The lowest BCUT2D eigenvalue weighted by Crippen LogP contribution is -2.09. The second kappa shape index (κ2) is 11.1. The minimum absolute atomic E-state index is 1.09. The first-order chi connectivity index (χ1) is 20.9. The average Bonchev–Trinajstić information content (AvgIpc) is 3.40. The van der Waals surface area contributed by atoms with Crippen LogP contribution >= 0.6 is 0 Å². The highest BCUT2D eigenvalue weighted by molar-refractivity contribution is 6.15. The summed E-state index contributed by atoms with van der Waals surface area (Å²) in [6.07, 6.45) is 6.86. The van der Waals surface area contributed by atoms with Crippen molar-refractivity contribution in [2.45, 2.75) is 26.7 Å². The van der Waals surface area contributed by atoms with Crippen molar-refractivity contribution in [2.24, 2.45) is 0 Å². The summed E-state index contributed by atoms with van der Waals surface area (Å²) in [4.78, 5) is 2.35. The van der Waals surface area contributed by atoms with Gasteiger partial charge in [-0.25, -0.2) is 0 Å². The third kappa shape index (κ3) is 4.28. The number of hydrogen-bond acceptors (Lipinski definition) is 1. The summed E-state index contributed by atoms with van der Waals surface area (Å²) in [7, 11) is 0. The average molecular weight is 543 g/mol. The fraction of sp³-hybridized carbons (Fsp3) is 0.100. The van der Waals surface area contributed by atoms with Gasteiger partial charge in [-0.1, -0.05) is 111 Å². The molecule has 2 heteroatoms. The fourth-order valence-electron chi connectivity index (χ4n) is 6.42. The molecule has 0 amide bonds. The van der Waals surface area contributed by atoms with Gasteiger partial charge >= 0.3 is 0 Å². The van der Waals surface area contributed by atoms with Crippen molar-refractivity contribution in [1.82, 2.24) is 4.57 Å². The number of para-hydroxylation sites is 2. The van der Waals surface area contributed by atoms with Gasteiger partial charge in [0, 0.05) is 33.2 Å². The van der Waals surface area contributed by atoms with E-state index in [-0.39, 0.29) is 0 Å². The zero-order chi connectivity index (χ0) is 28.5. The van der Waals surface area contributed by atoms with Crippen LogP contribution in [0.3, 0.4) is 0 Å². The Morgan fingerprint density at radius 3 is 2.02 bits per heavy atom. The van der Waals surface area contributed by atoms with Gasteiger partial charge in [0.1, 0.15) is 0 Å². The maximum Gasteiger partial charge on any atom is 0.0562 e. The van der Waals surface area contributed by atoms with Gasteiger partial charge in [-0.05, 0) is 77.9 Å². The molecule has 1 aliphatic carbocycles. The van der Waals surface area contributed by atoms with E-state index >= 15 is 0 Å². The smallest absolute Gasteiger partial charge is 0.0562 e. The zero-order valence-corrected chi connectivity index (χ0v) is 24.2. The Hall–Kier alpha value is -5.08. The first kappa shape index (κ1) is 25.9. The normalized spacial score (nSPS) is 12.2. The maximum atomic E-state index is 2.48. The van der Waals surface area contributed by atoms with Gasteiger partial charge in [-0.3, -0.25) is 0 Å². The van der Waals surface area contributed by atoms with Crippen LogP contribution in [0.15, 0.2) is 140 Å².